The van der Waals surface area contributed by atoms with E-state index in [4.69, 9.17) is 5.73 Å². The summed E-state index contributed by atoms with van der Waals surface area (Å²) in [6.45, 7) is 5.77. The highest BCUT2D eigenvalue weighted by atomic mass is 14.9. The van der Waals surface area contributed by atoms with Crippen LogP contribution in [0.1, 0.15) is 52.4 Å². The zero-order valence-corrected chi connectivity index (χ0v) is 9.76. The van der Waals surface area contributed by atoms with Crippen molar-refractivity contribution < 1.29 is 0 Å². The topological polar surface area (TPSA) is 38.0 Å². The Kier molecular flexibility index (Phi) is 5.49. The molecule has 1 aliphatic carbocycles. The first-order valence-electron chi connectivity index (χ1n) is 6.25. The summed E-state index contributed by atoms with van der Waals surface area (Å²) in [7, 11) is 0. The van der Waals surface area contributed by atoms with Crippen LogP contribution in [-0.2, 0) is 0 Å². The molecule has 0 spiro atoms. The van der Waals surface area contributed by atoms with Crippen molar-refractivity contribution >= 4 is 0 Å². The van der Waals surface area contributed by atoms with Gasteiger partial charge in [0.25, 0.3) is 0 Å². The van der Waals surface area contributed by atoms with Crippen LogP contribution in [0.4, 0.5) is 0 Å². The molecule has 0 aliphatic heterocycles. The van der Waals surface area contributed by atoms with Crippen molar-refractivity contribution in [3.8, 4) is 0 Å². The molecular formula is C12H26N2. The van der Waals surface area contributed by atoms with Crippen LogP contribution in [0.15, 0.2) is 0 Å². The van der Waals surface area contributed by atoms with Gasteiger partial charge in [0.15, 0.2) is 0 Å². The molecule has 14 heavy (non-hydrogen) atoms. The van der Waals surface area contributed by atoms with Gasteiger partial charge in [-0.25, -0.2) is 0 Å². The lowest BCUT2D eigenvalue weighted by Gasteiger charge is -2.28. The number of hydrogen-bond acceptors (Lipinski definition) is 2. The number of nitrogens with one attached hydrogen (secondary N) is 1. The molecule has 2 heteroatoms. The zero-order valence-electron chi connectivity index (χ0n) is 9.76. The summed E-state index contributed by atoms with van der Waals surface area (Å²) in [5.74, 6) is 0.866. The standard InChI is InChI=1S/C12H26N2/c1-3-10(4-2)9-14-12-7-5-11(13)6-8-12/h10-12,14H,3-9,13H2,1-2H3. The lowest BCUT2D eigenvalue weighted by atomic mass is 9.91. The fourth-order valence-electron chi connectivity index (χ4n) is 2.23. The molecule has 0 unspecified atom stereocenters. The van der Waals surface area contributed by atoms with E-state index in [-0.39, 0.29) is 0 Å². The van der Waals surface area contributed by atoms with E-state index in [0.29, 0.717) is 6.04 Å². The van der Waals surface area contributed by atoms with Crippen LogP contribution in [0, 0.1) is 5.92 Å². The van der Waals surface area contributed by atoms with Crippen LogP contribution in [-0.4, -0.2) is 18.6 Å². The van der Waals surface area contributed by atoms with Gasteiger partial charge in [-0.3, -0.25) is 0 Å². The van der Waals surface area contributed by atoms with Crippen molar-refractivity contribution in [1.29, 1.82) is 0 Å². The Labute approximate surface area is 88.6 Å². The molecule has 0 aromatic rings. The minimum atomic E-state index is 0.473. The van der Waals surface area contributed by atoms with Crippen molar-refractivity contribution in [2.24, 2.45) is 11.7 Å². The highest BCUT2D eigenvalue weighted by Gasteiger charge is 2.18. The number of hydrogen-bond donors (Lipinski definition) is 2. The Morgan fingerprint density at radius 3 is 2.21 bits per heavy atom. The van der Waals surface area contributed by atoms with Crippen LogP contribution in [0.5, 0.6) is 0 Å². The molecule has 0 heterocycles. The molecule has 0 radical (unpaired) electrons. The van der Waals surface area contributed by atoms with E-state index < -0.39 is 0 Å². The second kappa shape index (κ2) is 6.41. The molecule has 1 saturated carbocycles. The third-order valence-corrected chi connectivity index (χ3v) is 3.62. The van der Waals surface area contributed by atoms with E-state index >= 15 is 0 Å². The smallest absolute Gasteiger partial charge is 0.00683 e. The van der Waals surface area contributed by atoms with E-state index in [1.165, 1.54) is 45.1 Å². The predicted molar refractivity (Wildman–Crippen MR) is 62.3 cm³/mol. The first kappa shape index (κ1) is 12.0. The molecule has 0 atom stereocenters. The van der Waals surface area contributed by atoms with Gasteiger partial charge in [-0.15, -0.1) is 0 Å². The number of nitrogens with two attached hydrogens (primary N) is 1. The lowest BCUT2D eigenvalue weighted by Crippen LogP contribution is -2.39. The SMILES string of the molecule is CCC(CC)CNC1CCC(N)CC1. The summed E-state index contributed by atoms with van der Waals surface area (Å²) in [5.41, 5.74) is 5.88. The van der Waals surface area contributed by atoms with Crippen LogP contribution in [0.25, 0.3) is 0 Å². The average Bonchev–Trinajstić information content (AvgIpc) is 2.22. The summed E-state index contributed by atoms with van der Waals surface area (Å²) in [6.07, 6.45) is 7.58. The van der Waals surface area contributed by atoms with E-state index in [1.807, 2.05) is 0 Å². The predicted octanol–water partition coefficient (Wildman–Crippen LogP) is 2.28. The van der Waals surface area contributed by atoms with E-state index in [1.54, 1.807) is 0 Å². The Bertz CT molecular complexity index is 135. The van der Waals surface area contributed by atoms with Gasteiger partial charge >= 0.3 is 0 Å². The van der Waals surface area contributed by atoms with Crippen LogP contribution < -0.4 is 11.1 Å². The highest BCUT2D eigenvalue weighted by Crippen LogP contribution is 2.17. The highest BCUT2D eigenvalue weighted by molar-refractivity contribution is 4.79. The molecule has 1 aliphatic rings. The second-order valence-corrected chi connectivity index (χ2v) is 4.70. The maximum atomic E-state index is 5.88. The van der Waals surface area contributed by atoms with Crippen LogP contribution in [0.2, 0.25) is 0 Å². The van der Waals surface area contributed by atoms with Crippen LogP contribution >= 0.6 is 0 Å². The van der Waals surface area contributed by atoms with Gasteiger partial charge in [-0.2, -0.15) is 0 Å². The summed E-state index contributed by atoms with van der Waals surface area (Å²) in [6, 6.07) is 1.22. The molecule has 84 valence electrons. The largest absolute Gasteiger partial charge is 0.328 e. The van der Waals surface area contributed by atoms with Crippen LogP contribution in [0.3, 0.4) is 0 Å². The van der Waals surface area contributed by atoms with Crippen molar-refractivity contribution in [2.75, 3.05) is 6.54 Å². The summed E-state index contributed by atoms with van der Waals surface area (Å²) in [4.78, 5) is 0. The van der Waals surface area contributed by atoms with Crippen molar-refractivity contribution in [3.05, 3.63) is 0 Å². The molecule has 0 aromatic carbocycles. The van der Waals surface area contributed by atoms with Crippen molar-refractivity contribution in [2.45, 2.75) is 64.5 Å². The fraction of sp³-hybridized carbons (Fsp3) is 1.00. The Balaban J connectivity index is 2.12. The van der Waals surface area contributed by atoms with Gasteiger partial charge in [-0.05, 0) is 38.1 Å². The van der Waals surface area contributed by atoms with Crippen molar-refractivity contribution in [3.63, 3.8) is 0 Å². The van der Waals surface area contributed by atoms with Gasteiger partial charge in [0.05, 0.1) is 0 Å². The Morgan fingerprint density at radius 2 is 1.71 bits per heavy atom. The molecule has 0 amide bonds. The van der Waals surface area contributed by atoms with Gasteiger partial charge in [0, 0.05) is 12.1 Å². The molecule has 0 aromatic heterocycles. The molecule has 1 fully saturated rings. The van der Waals surface area contributed by atoms with Gasteiger partial charge in [0.1, 0.15) is 0 Å². The molecule has 0 bridgehead atoms. The molecule has 0 saturated heterocycles. The second-order valence-electron chi connectivity index (χ2n) is 4.70. The minimum Gasteiger partial charge on any atom is -0.328 e. The third-order valence-electron chi connectivity index (χ3n) is 3.62. The number of rotatable bonds is 5. The molecular weight excluding hydrogens is 172 g/mol. The quantitative estimate of drug-likeness (QED) is 0.711. The lowest BCUT2D eigenvalue weighted by molar-refractivity contribution is 0.318. The average molecular weight is 198 g/mol. The monoisotopic (exact) mass is 198 g/mol. The maximum absolute atomic E-state index is 5.88. The fourth-order valence-corrected chi connectivity index (χ4v) is 2.23. The van der Waals surface area contributed by atoms with Gasteiger partial charge in [0.2, 0.25) is 0 Å². The van der Waals surface area contributed by atoms with Crippen molar-refractivity contribution in [1.82, 2.24) is 5.32 Å². The summed E-state index contributed by atoms with van der Waals surface area (Å²) < 4.78 is 0. The maximum Gasteiger partial charge on any atom is 0.00683 e. The first-order chi connectivity index (χ1) is 6.76. The molecule has 3 N–H and O–H groups in total. The minimum absolute atomic E-state index is 0.473. The Hall–Kier alpha value is -0.0800. The summed E-state index contributed by atoms with van der Waals surface area (Å²) >= 11 is 0. The van der Waals surface area contributed by atoms with Gasteiger partial charge in [-0.1, -0.05) is 26.7 Å². The Morgan fingerprint density at radius 1 is 1.14 bits per heavy atom. The molecule has 1 rings (SSSR count). The van der Waals surface area contributed by atoms with E-state index in [2.05, 4.69) is 19.2 Å². The molecule has 2 nitrogen and oxygen atoms in total. The first-order valence-corrected chi connectivity index (χ1v) is 6.25. The van der Waals surface area contributed by atoms with E-state index in [0.717, 1.165) is 12.0 Å². The summed E-state index contributed by atoms with van der Waals surface area (Å²) in [5, 5.41) is 3.69. The van der Waals surface area contributed by atoms with Gasteiger partial charge < -0.3 is 11.1 Å². The third kappa shape index (κ3) is 3.97. The van der Waals surface area contributed by atoms with E-state index in [9.17, 15) is 0 Å². The zero-order chi connectivity index (χ0) is 10.4. The normalized spacial score (nSPS) is 28.3.